The second-order valence-corrected chi connectivity index (χ2v) is 2.98. The number of nitrogens with zero attached hydrogens (tertiary/aromatic N) is 3. The second kappa shape index (κ2) is 3.33. The van der Waals surface area contributed by atoms with E-state index in [4.69, 9.17) is 5.73 Å². The molecule has 0 spiro atoms. The van der Waals surface area contributed by atoms with E-state index in [0.717, 1.165) is 12.1 Å². The maximum absolute atomic E-state index is 12.9. The smallest absolute Gasteiger partial charge is 0.391 e. The highest BCUT2D eigenvalue weighted by atomic mass is 19.2. The van der Waals surface area contributed by atoms with E-state index in [1.165, 1.54) is 0 Å². The summed E-state index contributed by atoms with van der Waals surface area (Å²) >= 11 is 0. The fourth-order valence-electron chi connectivity index (χ4n) is 1.25. The van der Waals surface area contributed by atoms with Gasteiger partial charge in [-0.3, -0.25) is 0 Å². The molecule has 16 heavy (non-hydrogen) atoms. The highest BCUT2D eigenvalue weighted by Gasteiger charge is 2.19. The van der Waals surface area contributed by atoms with E-state index in [1.54, 1.807) is 0 Å². The van der Waals surface area contributed by atoms with Crippen molar-refractivity contribution in [2.24, 2.45) is 0 Å². The van der Waals surface area contributed by atoms with Gasteiger partial charge < -0.3 is 15.8 Å². The summed E-state index contributed by atoms with van der Waals surface area (Å²) in [5.41, 5.74) is 5.03. The minimum atomic E-state index is -1.15. The molecule has 82 valence electrons. The molecule has 2 aromatic rings. The Morgan fingerprint density at radius 1 is 1.25 bits per heavy atom. The van der Waals surface area contributed by atoms with Crippen molar-refractivity contribution in [2.75, 3.05) is 5.73 Å². The van der Waals surface area contributed by atoms with Crippen LogP contribution < -0.4 is 5.73 Å². The highest BCUT2D eigenvalue weighted by Crippen LogP contribution is 2.27. The van der Waals surface area contributed by atoms with Crippen molar-refractivity contribution < 1.29 is 13.7 Å². The van der Waals surface area contributed by atoms with Gasteiger partial charge in [-0.2, -0.15) is 0 Å². The molecular weight excluding hydrogens is 222 g/mol. The van der Waals surface area contributed by atoms with Crippen LogP contribution in [0.2, 0.25) is 0 Å². The average Bonchev–Trinajstić information content (AvgIpc) is 2.21. The van der Waals surface area contributed by atoms with Crippen molar-refractivity contribution in [3.8, 4) is 0 Å². The predicted octanol–water partition coefficient (Wildman–Crippen LogP) is 1.40. The van der Waals surface area contributed by atoms with Crippen LogP contribution in [0.4, 0.5) is 20.3 Å². The SMILES string of the molecule is Nc1c([N+](=O)[O-])nnc2cc(F)c(F)cc12. The molecule has 0 aliphatic carbocycles. The Balaban J connectivity index is 2.84. The molecule has 0 aliphatic heterocycles. The number of fused-ring (bicyclic) bond motifs is 1. The summed E-state index contributed by atoms with van der Waals surface area (Å²) in [6.45, 7) is 0. The molecule has 1 heterocycles. The molecule has 0 atom stereocenters. The number of hydrogen-bond acceptors (Lipinski definition) is 5. The number of halogens is 2. The van der Waals surface area contributed by atoms with Crippen LogP contribution in [0.5, 0.6) is 0 Å². The predicted molar refractivity (Wildman–Crippen MR) is 50.5 cm³/mol. The van der Waals surface area contributed by atoms with Crippen LogP contribution in [0.15, 0.2) is 12.1 Å². The van der Waals surface area contributed by atoms with E-state index < -0.39 is 22.4 Å². The number of hydrogen-bond donors (Lipinski definition) is 1. The number of rotatable bonds is 1. The van der Waals surface area contributed by atoms with Gasteiger partial charge in [-0.05, 0) is 16.1 Å². The number of aromatic nitrogens is 2. The zero-order valence-corrected chi connectivity index (χ0v) is 7.65. The molecular formula is C8H4F2N4O2. The van der Waals surface area contributed by atoms with Gasteiger partial charge in [0, 0.05) is 11.5 Å². The van der Waals surface area contributed by atoms with E-state index in [9.17, 15) is 18.9 Å². The fourth-order valence-corrected chi connectivity index (χ4v) is 1.25. The van der Waals surface area contributed by atoms with Gasteiger partial charge in [0.25, 0.3) is 0 Å². The lowest BCUT2D eigenvalue weighted by Crippen LogP contribution is -2.02. The lowest BCUT2D eigenvalue weighted by molar-refractivity contribution is -0.389. The van der Waals surface area contributed by atoms with Gasteiger partial charge in [0.2, 0.25) is 0 Å². The largest absolute Gasteiger partial charge is 0.414 e. The molecule has 2 N–H and O–H groups in total. The van der Waals surface area contributed by atoms with Crippen LogP contribution in [0.1, 0.15) is 0 Å². The van der Waals surface area contributed by atoms with Crippen molar-refractivity contribution in [3.63, 3.8) is 0 Å². The lowest BCUT2D eigenvalue weighted by Gasteiger charge is -2.00. The second-order valence-electron chi connectivity index (χ2n) is 2.98. The molecule has 0 radical (unpaired) electrons. The first-order chi connectivity index (χ1) is 7.50. The average molecular weight is 226 g/mol. The van der Waals surface area contributed by atoms with Crippen molar-refractivity contribution in [1.29, 1.82) is 0 Å². The molecule has 0 aliphatic rings. The zero-order valence-electron chi connectivity index (χ0n) is 7.65. The third-order valence-electron chi connectivity index (χ3n) is 2.00. The molecule has 0 amide bonds. The van der Waals surface area contributed by atoms with E-state index in [-0.39, 0.29) is 16.6 Å². The Kier molecular flexibility index (Phi) is 2.11. The maximum atomic E-state index is 12.9. The van der Waals surface area contributed by atoms with E-state index >= 15 is 0 Å². The lowest BCUT2D eigenvalue weighted by atomic mass is 10.2. The first-order valence-corrected chi connectivity index (χ1v) is 4.06. The number of benzene rings is 1. The number of nitro groups is 1. The fraction of sp³-hybridized carbons (Fsp3) is 0. The van der Waals surface area contributed by atoms with Gasteiger partial charge in [-0.1, -0.05) is 0 Å². The van der Waals surface area contributed by atoms with Crippen molar-refractivity contribution in [2.45, 2.75) is 0 Å². The Labute approximate surface area is 86.8 Å². The molecule has 0 unspecified atom stereocenters. The quantitative estimate of drug-likeness (QED) is 0.585. The van der Waals surface area contributed by atoms with Gasteiger partial charge in [-0.15, -0.1) is 0 Å². The van der Waals surface area contributed by atoms with Crippen molar-refractivity contribution in [1.82, 2.24) is 10.2 Å². The molecule has 0 saturated heterocycles. The first-order valence-electron chi connectivity index (χ1n) is 4.06. The van der Waals surface area contributed by atoms with E-state index in [2.05, 4.69) is 10.2 Å². The van der Waals surface area contributed by atoms with Crippen molar-refractivity contribution >= 4 is 22.4 Å². The van der Waals surface area contributed by atoms with Crippen LogP contribution in [0.25, 0.3) is 10.9 Å². The van der Waals surface area contributed by atoms with Crippen molar-refractivity contribution in [3.05, 3.63) is 33.9 Å². The van der Waals surface area contributed by atoms with E-state index in [0.29, 0.717) is 0 Å². The third-order valence-corrected chi connectivity index (χ3v) is 2.00. The van der Waals surface area contributed by atoms with Gasteiger partial charge in [0.05, 0.1) is 5.10 Å². The van der Waals surface area contributed by atoms with Crippen LogP contribution in [-0.4, -0.2) is 15.1 Å². The van der Waals surface area contributed by atoms with Crippen LogP contribution >= 0.6 is 0 Å². The molecule has 2 rings (SSSR count). The number of nitrogen functional groups attached to an aromatic ring is 1. The zero-order chi connectivity index (χ0) is 11.9. The minimum Gasteiger partial charge on any atom is -0.391 e. The molecule has 1 aromatic carbocycles. The van der Waals surface area contributed by atoms with Gasteiger partial charge >= 0.3 is 5.82 Å². The van der Waals surface area contributed by atoms with Crippen LogP contribution in [0, 0.1) is 21.7 Å². The molecule has 8 heteroatoms. The van der Waals surface area contributed by atoms with Crippen LogP contribution in [0.3, 0.4) is 0 Å². The monoisotopic (exact) mass is 226 g/mol. The summed E-state index contributed by atoms with van der Waals surface area (Å²) in [7, 11) is 0. The van der Waals surface area contributed by atoms with Gasteiger partial charge in [-0.25, -0.2) is 8.78 Å². The number of anilines is 1. The molecule has 0 bridgehead atoms. The highest BCUT2D eigenvalue weighted by molar-refractivity contribution is 5.93. The summed E-state index contributed by atoms with van der Waals surface area (Å²) in [5.74, 6) is -2.95. The summed E-state index contributed by atoms with van der Waals surface area (Å²) in [6, 6.07) is 1.53. The Hall–Kier alpha value is -2.38. The Bertz CT molecular complexity index is 602. The molecule has 0 fully saturated rings. The summed E-state index contributed by atoms with van der Waals surface area (Å²) in [5, 5.41) is 17.0. The summed E-state index contributed by atoms with van der Waals surface area (Å²) < 4.78 is 25.7. The molecule has 1 aromatic heterocycles. The standard InChI is InChI=1S/C8H4F2N4O2/c9-4-1-3-6(2-5(4)10)12-13-8(7(3)11)14(15)16/h1-2H,(H2,11,12). The number of nitrogens with two attached hydrogens (primary N) is 1. The normalized spacial score (nSPS) is 10.6. The van der Waals surface area contributed by atoms with E-state index in [1.807, 2.05) is 0 Å². The summed E-state index contributed by atoms with van der Waals surface area (Å²) in [6.07, 6.45) is 0. The first kappa shape index (κ1) is 10.1. The van der Waals surface area contributed by atoms with Gasteiger partial charge in [0.15, 0.2) is 11.6 Å². The molecule has 6 nitrogen and oxygen atoms in total. The van der Waals surface area contributed by atoms with Crippen LogP contribution in [-0.2, 0) is 0 Å². The third kappa shape index (κ3) is 1.40. The minimum absolute atomic E-state index is 0.0398. The Morgan fingerprint density at radius 3 is 2.50 bits per heavy atom. The Morgan fingerprint density at radius 2 is 1.88 bits per heavy atom. The van der Waals surface area contributed by atoms with Gasteiger partial charge in [0.1, 0.15) is 11.2 Å². The maximum Gasteiger partial charge on any atom is 0.414 e. The topological polar surface area (TPSA) is 94.9 Å². The molecule has 0 saturated carbocycles. The summed E-state index contributed by atoms with van der Waals surface area (Å²) in [4.78, 5) is 9.63.